The van der Waals surface area contributed by atoms with Gasteiger partial charge in [-0.1, -0.05) is 29.3 Å². The number of alkyl halides is 6. The molecular formula is C50H59F6N5O6. The van der Waals surface area contributed by atoms with E-state index in [4.69, 9.17) is 18.9 Å². The fourth-order valence-electron chi connectivity index (χ4n) is 9.47. The number of halogens is 6. The second-order valence-corrected chi connectivity index (χ2v) is 18.4. The number of ether oxygens (including phenoxy) is 4. The standard InChI is InChI=1S/C25H30F3N3O3.C25H29F3N2O3/c1-15-9-18(12-20(11-15)25(26,27)28)22-17(3)31(24(32)34-22)14-19-10-16(2)13-29-23(19)30(4)21-5-7-33-8-6-21;1-15-8-19(12-21(10-15)25(26,27)28)23-17(3)30(24(31)33-23)14-20-9-16(2)13-29-22(20)11-18-4-6-32-7-5-18/h9-13,17,21-22H,5-8,14H2,1-4H3;8-10,12-13,17-18,23H,4-7,11,14H2,1-3H3/t17-,22-;17-,23-/m00/s1. The number of anilines is 1. The number of carbonyl (C=O) groups excluding carboxylic acids is 2. The smallest absolute Gasteiger partial charge is 0.416 e. The molecule has 2 aromatic heterocycles. The molecule has 17 heteroatoms. The molecule has 0 radical (unpaired) electrons. The molecule has 4 fully saturated rings. The average Bonchev–Trinajstić information content (AvgIpc) is 3.72. The summed E-state index contributed by atoms with van der Waals surface area (Å²) in [6.07, 6.45) is -3.37. The van der Waals surface area contributed by atoms with Crippen LogP contribution in [-0.2, 0) is 50.8 Å². The number of pyridine rings is 2. The Morgan fingerprint density at radius 2 is 1.06 bits per heavy atom. The number of aromatic nitrogens is 2. The highest BCUT2D eigenvalue weighted by molar-refractivity contribution is 5.72. The summed E-state index contributed by atoms with van der Waals surface area (Å²) in [5.74, 6) is 1.27. The molecule has 2 aromatic carbocycles. The van der Waals surface area contributed by atoms with Crippen LogP contribution in [0.2, 0.25) is 0 Å². The lowest BCUT2D eigenvalue weighted by molar-refractivity contribution is -0.138. The largest absolute Gasteiger partial charge is 0.439 e. The molecule has 0 aliphatic carbocycles. The molecule has 67 heavy (non-hydrogen) atoms. The Morgan fingerprint density at radius 3 is 1.55 bits per heavy atom. The predicted octanol–water partition coefficient (Wildman–Crippen LogP) is 11.2. The van der Waals surface area contributed by atoms with Gasteiger partial charge in [-0.25, -0.2) is 14.6 Å². The summed E-state index contributed by atoms with van der Waals surface area (Å²) in [6, 6.07) is 11.1. The maximum Gasteiger partial charge on any atom is 0.416 e. The highest BCUT2D eigenvalue weighted by Gasteiger charge is 2.43. The lowest BCUT2D eigenvalue weighted by atomic mass is 9.92. The first-order valence-electron chi connectivity index (χ1n) is 22.8. The molecule has 4 atom stereocenters. The summed E-state index contributed by atoms with van der Waals surface area (Å²) in [5, 5.41) is 0. The first-order chi connectivity index (χ1) is 31.7. The molecule has 8 rings (SSSR count). The van der Waals surface area contributed by atoms with Gasteiger partial charge in [0, 0.05) is 63.2 Å². The molecule has 4 aliphatic heterocycles. The number of amides is 2. The molecule has 4 saturated heterocycles. The summed E-state index contributed by atoms with van der Waals surface area (Å²) >= 11 is 0. The topological polar surface area (TPSA) is 107 Å². The molecule has 0 saturated carbocycles. The van der Waals surface area contributed by atoms with Crippen molar-refractivity contribution < 1.29 is 54.9 Å². The monoisotopic (exact) mass is 939 g/mol. The number of aryl methyl sites for hydroxylation is 4. The molecule has 2 amide bonds. The number of cyclic esters (lactones) is 2. The van der Waals surface area contributed by atoms with Gasteiger partial charge in [0.25, 0.3) is 0 Å². The lowest BCUT2D eigenvalue weighted by Gasteiger charge is -2.34. The third-order valence-electron chi connectivity index (χ3n) is 13.1. The van der Waals surface area contributed by atoms with E-state index in [0.29, 0.717) is 47.9 Å². The van der Waals surface area contributed by atoms with E-state index in [2.05, 4.69) is 14.9 Å². The molecule has 4 aliphatic rings. The van der Waals surface area contributed by atoms with Gasteiger partial charge in [-0.05, 0) is 138 Å². The average molecular weight is 940 g/mol. The number of rotatable bonds is 10. The van der Waals surface area contributed by atoms with Crippen molar-refractivity contribution in [1.82, 2.24) is 19.8 Å². The van der Waals surface area contributed by atoms with E-state index in [9.17, 15) is 35.9 Å². The van der Waals surface area contributed by atoms with Crippen molar-refractivity contribution in [3.05, 3.63) is 122 Å². The molecular weight excluding hydrogens is 881 g/mol. The summed E-state index contributed by atoms with van der Waals surface area (Å²) in [5.41, 5.74) is 4.89. The Morgan fingerprint density at radius 1 is 0.612 bits per heavy atom. The van der Waals surface area contributed by atoms with Crippen LogP contribution in [0.15, 0.2) is 60.9 Å². The van der Waals surface area contributed by atoms with Crippen LogP contribution < -0.4 is 4.90 Å². The minimum absolute atomic E-state index is 0.256. The van der Waals surface area contributed by atoms with Gasteiger partial charge in [0.05, 0.1) is 36.3 Å². The van der Waals surface area contributed by atoms with Crippen molar-refractivity contribution in [2.45, 2.75) is 129 Å². The number of hydrogen-bond donors (Lipinski definition) is 0. The van der Waals surface area contributed by atoms with Gasteiger partial charge in [0.2, 0.25) is 0 Å². The van der Waals surface area contributed by atoms with E-state index < -0.39 is 60.0 Å². The fraction of sp³-hybridized carbons (Fsp3) is 0.520. The van der Waals surface area contributed by atoms with Gasteiger partial charge < -0.3 is 23.8 Å². The molecule has 0 spiro atoms. The van der Waals surface area contributed by atoms with Crippen molar-refractivity contribution in [2.75, 3.05) is 38.4 Å². The summed E-state index contributed by atoms with van der Waals surface area (Å²) in [4.78, 5) is 40.2. The zero-order chi connectivity index (χ0) is 48.4. The van der Waals surface area contributed by atoms with Gasteiger partial charge in [-0.3, -0.25) is 14.8 Å². The Bertz CT molecular complexity index is 2400. The highest BCUT2D eigenvalue weighted by Crippen LogP contribution is 2.40. The van der Waals surface area contributed by atoms with Crippen molar-refractivity contribution in [1.29, 1.82) is 0 Å². The number of benzene rings is 2. The van der Waals surface area contributed by atoms with E-state index in [1.54, 1.807) is 48.9 Å². The quantitative estimate of drug-likeness (QED) is 0.144. The lowest BCUT2D eigenvalue weighted by Crippen LogP contribution is -2.38. The van der Waals surface area contributed by atoms with Crippen LogP contribution in [0, 0.1) is 33.6 Å². The van der Waals surface area contributed by atoms with Gasteiger partial charge in [-0.15, -0.1) is 0 Å². The Balaban J connectivity index is 0.000000199. The Kier molecular flexibility index (Phi) is 15.1. The molecule has 0 N–H and O–H groups in total. The predicted molar refractivity (Wildman–Crippen MR) is 238 cm³/mol. The zero-order valence-electron chi connectivity index (χ0n) is 39.0. The maximum atomic E-state index is 13.3. The summed E-state index contributed by atoms with van der Waals surface area (Å²) in [6.45, 7) is 14.2. The third-order valence-corrected chi connectivity index (χ3v) is 13.1. The van der Waals surface area contributed by atoms with Crippen molar-refractivity contribution >= 4 is 18.0 Å². The number of hydrogen-bond acceptors (Lipinski definition) is 9. The van der Waals surface area contributed by atoms with E-state index in [1.165, 1.54) is 0 Å². The minimum atomic E-state index is -4.47. The van der Waals surface area contributed by atoms with Gasteiger partial charge in [0.1, 0.15) is 18.0 Å². The minimum Gasteiger partial charge on any atom is -0.439 e. The molecule has 0 unspecified atom stereocenters. The van der Waals surface area contributed by atoms with Crippen molar-refractivity contribution in [3.63, 3.8) is 0 Å². The van der Waals surface area contributed by atoms with Crippen molar-refractivity contribution in [3.8, 4) is 0 Å². The van der Waals surface area contributed by atoms with Crippen LogP contribution in [0.4, 0.5) is 41.7 Å². The number of nitrogens with zero attached hydrogens (tertiary/aromatic N) is 5. The van der Waals surface area contributed by atoms with Crippen molar-refractivity contribution in [2.24, 2.45) is 5.92 Å². The Hall–Kier alpha value is -5.42. The molecule has 0 bridgehead atoms. The summed E-state index contributed by atoms with van der Waals surface area (Å²) < 4.78 is 102. The molecule has 11 nitrogen and oxygen atoms in total. The van der Waals surface area contributed by atoms with Crippen LogP contribution in [-0.4, -0.2) is 83.6 Å². The zero-order valence-corrected chi connectivity index (χ0v) is 39.0. The van der Waals surface area contributed by atoms with Crippen LogP contribution in [0.3, 0.4) is 0 Å². The van der Waals surface area contributed by atoms with E-state index in [0.717, 1.165) is 103 Å². The third kappa shape index (κ3) is 11.8. The second kappa shape index (κ2) is 20.4. The first kappa shape index (κ1) is 49.5. The van der Waals surface area contributed by atoms with E-state index >= 15 is 0 Å². The van der Waals surface area contributed by atoms with E-state index in [1.807, 2.05) is 46.1 Å². The maximum absolute atomic E-state index is 13.3. The number of carbonyl (C=O) groups is 2. The fourth-order valence-corrected chi connectivity index (χ4v) is 9.47. The van der Waals surface area contributed by atoms with Crippen LogP contribution in [0.25, 0.3) is 0 Å². The van der Waals surface area contributed by atoms with Crippen LogP contribution in [0.5, 0.6) is 0 Å². The molecule has 4 aromatic rings. The SMILES string of the molecule is Cc1cc([C@H]2OC(=O)N(Cc3cc(C)cnc3CC3CCOCC3)[C@H]2C)cc(C(F)(F)F)c1.Cc1cc([C@H]2OC(=O)N(Cc3cc(C)cnc3N(C)C3CCOCC3)[C@H]2C)cc(C(F)(F)F)c1. The Labute approximate surface area is 387 Å². The first-order valence-corrected chi connectivity index (χ1v) is 22.8. The van der Waals surface area contributed by atoms with Crippen LogP contribution >= 0.6 is 0 Å². The van der Waals surface area contributed by atoms with Crippen LogP contribution in [0.1, 0.15) is 113 Å². The normalized spacial score (nSPS) is 21.8. The highest BCUT2D eigenvalue weighted by atomic mass is 19.4. The summed E-state index contributed by atoms with van der Waals surface area (Å²) in [7, 11) is 2.00. The second-order valence-electron chi connectivity index (χ2n) is 18.4. The molecule has 362 valence electrons. The van der Waals surface area contributed by atoms with Gasteiger partial charge in [-0.2, -0.15) is 26.3 Å². The van der Waals surface area contributed by atoms with Gasteiger partial charge >= 0.3 is 24.5 Å². The molecule has 6 heterocycles. The van der Waals surface area contributed by atoms with E-state index in [-0.39, 0.29) is 12.6 Å². The van der Waals surface area contributed by atoms with Gasteiger partial charge in [0.15, 0.2) is 0 Å².